The molecule has 0 aliphatic heterocycles. The minimum atomic E-state index is -0.519. The monoisotopic (exact) mass is 476 g/mol. The Morgan fingerprint density at radius 3 is 2.51 bits per heavy atom. The molecule has 1 aromatic heterocycles. The van der Waals surface area contributed by atoms with Gasteiger partial charge < -0.3 is 9.64 Å². The van der Waals surface area contributed by atoms with Gasteiger partial charge in [-0.2, -0.15) is 5.10 Å². The predicted octanol–water partition coefficient (Wildman–Crippen LogP) is 4.52. The first kappa shape index (κ1) is 24.1. The van der Waals surface area contributed by atoms with Crippen molar-refractivity contribution in [3.05, 3.63) is 80.7 Å². The number of fused-ring (bicyclic) bond motifs is 1. The maximum Gasteiger partial charge on any atom is 0.295 e. The Balaban J connectivity index is 1.68. The number of nitro benzene ring substituents is 1. The molecule has 0 N–H and O–H groups in total. The third-order valence-corrected chi connectivity index (χ3v) is 6.29. The fraction of sp³-hybridized carbons (Fsp3) is 0.346. The molecule has 0 unspecified atom stereocenters. The number of nitro groups is 1. The number of hydrogen-bond acceptors (Lipinski definition) is 6. The second-order valence-corrected chi connectivity index (χ2v) is 9.73. The van der Waals surface area contributed by atoms with Gasteiger partial charge in [-0.1, -0.05) is 26.0 Å². The summed E-state index contributed by atoms with van der Waals surface area (Å²) < 4.78 is 6.65. The van der Waals surface area contributed by atoms with Gasteiger partial charge in [0.25, 0.3) is 11.6 Å². The quantitative estimate of drug-likeness (QED) is 0.382. The molecule has 3 aromatic rings. The number of nitrogens with zero attached hydrogens (tertiary/aromatic N) is 4. The van der Waals surface area contributed by atoms with E-state index in [1.165, 1.54) is 21.7 Å². The molecule has 9 heteroatoms. The third kappa shape index (κ3) is 4.66. The minimum Gasteiger partial charge on any atom is -0.497 e. The SMILES string of the molecule is COc1ccc(CN(C)C(=O)c2ccc(-n3nc(C)c4c3CC(C)(C)CC4=O)c([N+](=O)[O-])c2)cc1. The second-order valence-electron chi connectivity index (χ2n) is 9.73. The van der Waals surface area contributed by atoms with Gasteiger partial charge in [0.2, 0.25) is 0 Å². The summed E-state index contributed by atoms with van der Waals surface area (Å²) in [6.07, 6.45) is 0.972. The Morgan fingerprint density at radius 1 is 1.20 bits per heavy atom. The van der Waals surface area contributed by atoms with Crippen LogP contribution >= 0.6 is 0 Å². The van der Waals surface area contributed by atoms with Crippen molar-refractivity contribution in [1.29, 1.82) is 0 Å². The van der Waals surface area contributed by atoms with Gasteiger partial charge in [-0.15, -0.1) is 0 Å². The highest BCUT2D eigenvalue weighted by Crippen LogP contribution is 2.38. The average Bonchev–Trinajstić information content (AvgIpc) is 3.13. The van der Waals surface area contributed by atoms with Gasteiger partial charge in [-0.05, 0) is 48.6 Å². The second kappa shape index (κ2) is 8.98. The molecule has 1 heterocycles. The molecule has 4 rings (SSSR count). The van der Waals surface area contributed by atoms with Crippen LogP contribution in [0.3, 0.4) is 0 Å². The van der Waals surface area contributed by atoms with Crippen molar-refractivity contribution in [3.8, 4) is 11.4 Å². The summed E-state index contributed by atoms with van der Waals surface area (Å²) >= 11 is 0. The first-order chi connectivity index (χ1) is 16.5. The Bertz CT molecular complexity index is 1320. The fourth-order valence-electron chi connectivity index (χ4n) is 4.62. The van der Waals surface area contributed by atoms with Crippen LogP contribution in [0.25, 0.3) is 5.69 Å². The van der Waals surface area contributed by atoms with Crippen molar-refractivity contribution in [2.45, 2.75) is 40.2 Å². The van der Waals surface area contributed by atoms with Gasteiger partial charge in [-0.25, -0.2) is 4.68 Å². The van der Waals surface area contributed by atoms with Crippen molar-refractivity contribution >= 4 is 17.4 Å². The van der Waals surface area contributed by atoms with Gasteiger partial charge in [0.05, 0.1) is 29.0 Å². The number of ether oxygens (including phenoxy) is 1. The smallest absolute Gasteiger partial charge is 0.295 e. The van der Waals surface area contributed by atoms with E-state index in [-0.39, 0.29) is 34.0 Å². The predicted molar refractivity (Wildman–Crippen MR) is 130 cm³/mol. The maximum atomic E-state index is 13.1. The van der Waals surface area contributed by atoms with E-state index >= 15 is 0 Å². The molecule has 0 saturated heterocycles. The van der Waals surface area contributed by atoms with Crippen molar-refractivity contribution in [3.63, 3.8) is 0 Å². The highest BCUT2D eigenvalue weighted by atomic mass is 16.6. The summed E-state index contributed by atoms with van der Waals surface area (Å²) in [6.45, 7) is 6.07. The lowest BCUT2D eigenvalue weighted by Crippen LogP contribution is -2.28. The van der Waals surface area contributed by atoms with Crippen LogP contribution in [0, 0.1) is 22.5 Å². The van der Waals surface area contributed by atoms with Crippen LogP contribution in [0.5, 0.6) is 5.75 Å². The first-order valence-electron chi connectivity index (χ1n) is 11.3. The summed E-state index contributed by atoms with van der Waals surface area (Å²) in [5, 5.41) is 16.5. The largest absolute Gasteiger partial charge is 0.497 e. The lowest BCUT2D eigenvalue weighted by molar-refractivity contribution is -0.384. The van der Waals surface area contributed by atoms with Crippen molar-refractivity contribution in [2.24, 2.45) is 5.41 Å². The zero-order chi connectivity index (χ0) is 25.5. The standard InChI is InChI=1S/C26H28N4O5/c1-16-24-22(13-26(2,3)14-23(24)31)29(27-16)20-11-8-18(12-21(20)30(33)34)25(32)28(4)15-17-6-9-19(35-5)10-7-17/h6-12H,13-15H2,1-5H3. The van der Waals surface area contributed by atoms with Gasteiger partial charge in [0, 0.05) is 31.6 Å². The Hall–Kier alpha value is -4.01. The fourth-order valence-corrected chi connectivity index (χ4v) is 4.62. The number of rotatable bonds is 6. The van der Waals surface area contributed by atoms with Crippen molar-refractivity contribution < 1.29 is 19.2 Å². The van der Waals surface area contributed by atoms with Crippen LogP contribution in [0.2, 0.25) is 0 Å². The molecule has 1 aliphatic rings. The Morgan fingerprint density at radius 2 is 1.89 bits per heavy atom. The number of aromatic nitrogens is 2. The molecule has 0 atom stereocenters. The number of methoxy groups -OCH3 is 1. The number of amides is 1. The zero-order valence-electron chi connectivity index (χ0n) is 20.5. The Labute approximate surface area is 203 Å². The summed E-state index contributed by atoms with van der Waals surface area (Å²) in [5.41, 5.74) is 2.58. The number of aryl methyl sites for hydroxylation is 1. The van der Waals surface area contributed by atoms with Crippen LogP contribution in [0.1, 0.15) is 57.9 Å². The molecule has 0 spiro atoms. The number of benzene rings is 2. The van der Waals surface area contributed by atoms with E-state index in [0.29, 0.717) is 36.3 Å². The van der Waals surface area contributed by atoms with Crippen LogP contribution in [0.4, 0.5) is 5.69 Å². The highest BCUT2D eigenvalue weighted by molar-refractivity contribution is 6.00. The average molecular weight is 477 g/mol. The molecular weight excluding hydrogens is 448 g/mol. The Kier molecular flexibility index (Phi) is 6.19. The zero-order valence-corrected chi connectivity index (χ0v) is 20.5. The summed E-state index contributed by atoms with van der Waals surface area (Å²) in [5.74, 6) is 0.370. The number of carbonyl (C=O) groups is 2. The molecule has 0 bridgehead atoms. The van der Waals surface area contributed by atoms with E-state index in [9.17, 15) is 19.7 Å². The highest BCUT2D eigenvalue weighted by Gasteiger charge is 2.37. The number of hydrogen-bond donors (Lipinski definition) is 0. The molecule has 0 fully saturated rings. The molecule has 1 aliphatic carbocycles. The lowest BCUT2D eigenvalue weighted by atomic mass is 9.75. The summed E-state index contributed by atoms with van der Waals surface area (Å²) in [4.78, 5) is 38.8. The summed E-state index contributed by atoms with van der Waals surface area (Å²) in [7, 11) is 3.23. The number of ketones is 1. The van der Waals surface area contributed by atoms with E-state index < -0.39 is 4.92 Å². The lowest BCUT2D eigenvalue weighted by Gasteiger charge is -2.29. The van der Waals surface area contributed by atoms with Crippen LogP contribution in [0.15, 0.2) is 42.5 Å². The molecule has 35 heavy (non-hydrogen) atoms. The number of Topliss-reactive ketones (excluding diaryl/α,β-unsaturated/α-hetero) is 1. The molecule has 0 saturated carbocycles. The van der Waals surface area contributed by atoms with E-state index in [0.717, 1.165) is 11.3 Å². The number of carbonyl (C=O) groups excluding carboxylic acids is 2. The van der Waals surface area contributed by atoms with E-state index in [1.54, 1.807) is 27.1 Å². The van der Waals surface area contributed by atoms with E-state index in [4.69, 9.17) is 4.74 Å². The molecule has 0 radical (unpaired) electrons. The van der Waals surface area contributed by atoms with Crippen LogP contribution in [-0.4, -0.2) is 45.5 Å². The van der Waals surface area contributed by atoms with Gasteiger partial charge in [-0.3, -0.25) is 19.7 Å². The van der Waals surface area contributed by atoms with E-state index in [1.807, 2.05) is 38.1 Å². The molecule has 2 aromatic carbocycles. The summed E-state index contributed by atoms with van der Waals surface area (Å²) in [6, 6.07) is 11.7. The van der Waals surface area contributed by atoms with Gasteiger partial charge in [0.1, 0.15) is 11.4 Å². The van der Waals surface area contributed by atoms with Gasteiger partial charge in [0.15, 0.2) is 5.78 Å². The van der Waals surface area contributed by atoms with Crippen LogP contribution < -0.4 is 4.74 Å². The van der Waals surface area contributed by atoms with E-state index in [2.05, 4.69) is 5.10 Å². The normalized spacial score (nSPS) is 14.4. The molecule has 1 amide bonds. The molecular formula is C26H28N4O5. The maximum absolute atomic E-state index is 13.1. The minimum absolute atomic E-state index is 0.00499. The van der Waals surface area contributed by atoms with Gasteiger partial charge >= 0.3 is 0 Å². The third-order valence-electron chi connectivity index (χ3n) is 6.29. The topological polar surface area (TPSA) is 108 Å². The van der Waals surface area contributed by atoms with Crippen molar-refractivity contribution in [1.82, 2.24) is 14.7 Å². The van der Waals surface area contributed by atoms with Crippen molar-refractivity contribution in [2.75, 3.05) is 14.2 Å². The molecule has 9 nitrogen and oxygen atoms in total. The molecule has 182 valence electrons. The van der Waals surface area contributed by atoms with Crippen LogP contribution in [-0.2, 0) is 13.0 Å². The first-order valence-corrected chi connectivity index (χ1v) is 11.3.